The van der Waals surface area contributed by atoms with Crippen LogP contribution in [0.2, 0.25) is 0 Å². The molecule has 2 aliphatic rings. The van der Waals surface area contributed by atoms with Gasteiger partial charge in [0.05, 0.1) is 0 Å². The Kier molecular flexibility index (Phi) is 5.68. The van der Waals surface area contributed by atoms with E-state index in [1.54, 1.807) is 12.1 Å². The van der Waals surface area contributed by atoms with E-state index >= 15 is 0 Å². The van der Waals surface area contributed by atoms with Gasteiger partial charge in [-0.05, 0) is 60.1 Å². The van der Waals surface area contributed by atoms with Crippen molar-refractivity contribution in [2.75, 3.05) is 6.61 Å². The summed E-state index contributed by atoms with van der Waals surface area (Å²) in [6, 6.07) is 7.16. The first-order valence-corrected chi connectivity index (χ1v) is 9.82. The molecule has 1 aromatic carbocycles. The van der Waals surface area contributed by atoms with E-state index in [9.17, 15) is 14.4 Å². The Balaban J connectivity index is 1.42. The van der Waals surface area contributed by atoms with E-state index in [0.29, 0.717) is 23.8 Å². The summed E-state index contributed by atoms with van der Waals surface area (Å²) < 4.78 is 5.07. The van der Waals surface area contributed by atoms with Crippen LogP contribution >= 0.6 is 0 Å². The molecule has 3 atom stereocenters. The lowest BCUT2D eigenvalue weighted by molar-refractivity contribution is -0.149. The van der Waals surface area contributed by atoms with Gasteiger partial charge in [0, 0.05) is 12.0 Å². The molecule has 2 aliphatic carbocycles. The highest BCUT2D eigenvalue weighted by molar-refractivity contribution is 6.05. The van der Waals surface area contributed by atoms with Gasteiger partial charge in [0.25, 0.3) is 11.8 Å². The number of rotatable bonds is 5. The van der Waals surface area contributed by atoms with Crippen LogP contribution in [-0.2, 0) is 19.7 Å². The Hall–Kier alpha value is -2.17. The first kappa shape index (κ1) is 19.6. The molecular weight excluding hydrogens is 342 g/mol. The summed E-state index contributed by atoms with van der Waals surface area (Å²) in [5.74, 6) is 0.408. The number of benzene rings is 1. The van der Waals surface area contributed by atoms with Gasteiger partial charge in [0.1, 0.15) is 0 Å². The van der Waals surface area contributed by atoms with Crippen LogP contribution in [0, 0.1) is 17.8 Å². The van der Waals surface area contributed by atoms with Crippen LogP contribution in [-0.4, -0.2) is 24.4 Å². The second kappa shape index (κ2) is 7.83. The molecule has 0 aromatic heterocycles. The van der Waals surface area contributed by atoms with Crippen molar-refractivity contribution in [1.29, 1.82) is 0 Å². The minimum atomic E-state index is -0.596. The molecule has 0 heterocycles. The standard InChI is InChI=1S/C22H29NO4/c1-22(2,3)18-8-6-15(7-9-18)21(26)23-19(24)13-27-20(25)12-17-11-14-4-5-16(17)10-14/h6-9,14,16-17H,4-5,10-13H2,1-3H3,(H,23,24,26)/t14-,16-,17-/m1/s1. The lowest BCUT2D eigenvalue weighted by Gasteiger charge is -2.20. The number of nitrogens with one attached hydrogen (secondary N) is 1. The summed E-state index contributed by atoms with van der Waals surface area (Å²) in [5, 5.41) is 2.28. The predicted molar refractivity (Wildman–Crippen MR) is 102 cm³/mol. The van der Waals surface area contributed by atoms with E-state index in [2.05, 4.69) is 26.1 Å². The first-order valence-electron chi connectivity index (χ1n) is 9.82. The van der Waals surface area contributed by atoms with Crippen LogP contribution in [0.3, 0.4) is 0 Å². The Bertz CT molecular complexity index is 717. The SMILES string of the molecule is CC(C)(C)c1ccc(C(=O)NC(=O)COC(=O)C[C@H]2C[C@@H]3CC[C@@H]2C3)cc1. The molecule has 2 fully saturated rings. The van der Waals surface area contributed by atoms with E-state index < -0.39 is 18.4 Å². The zero-order chi connectivity index (χ0) is 19.6. The van der Waals surface area contributed by atoms with E-state index in [1.165, 1.54) is 19.3 Å². The quantitative estimate of drug-likeness (QED) is 0.803. The number of imide groups is 1. The lowest BCUT2D eigenvalue weighted by Crippen LogP contribution is -2.34. The number of ether oxygens (including phenoxy) is 1. The third-order valence-electron chi connectivity index (χ3n) is 5.94. The summed E-state index contributed by atoms with van der Waals surface area (Å²) in [7, 11) is 0. The zero-order valence-corrected chi connectivity index (χ0v) is 16.4. The van der Waals surface area contributed by atoms with Crippen LogP contribution in [0.5, 0.6) is 0 Å². The van der Waals surface area contributed by atoms with Crippen molar-refractivity contribution < 1.29 is 19.1 Å². The van der Waals surface area contributed by atoms with Gasteiger partial charge < -0.3 is 4.74 Å². The van der Waals surface area contributed by atoms with Gasteiger partial charge in [-0.3, -0.25) is 19.7 Å². The molecule has 2 saturated carbocycles. The smallest absolute Gasteiger partial charge is 0.306 e. The minimum absolute atomic E-state index is 0.00214. The van der Waals surface area contributed by atoms with Gasteiger partial charge in [-0.2, -0.15) is 0 Å². The van der Waals surface area contributed by atoms with Crippen molar-refractivity contribution in [2.45, 2.75) is 58.3 Å². The van der Waals surface area contributed by atoms with Gasteiger partial charge in [-0.1, -0.05) is 39.3 Å². The highest BCUT2D eigenvalue weighted by atomic mass is 16.5. The Morgan fingerprint density at radius 1 is 1.07 bits per heavy atom. The number of amides is 2. The molecule has 0 spiro atoms. The zero-order valence-electron chi connectivity index (χ0n) is 16.4. The van der Waals surface area contributed by atoms with Crippen LogP contribution in [0.25, 0.3) is 0 Å². The molecule has 0 radical (unpaired) electrons. The minimum Gasteiger partial charge on any atom is -0.456 e. The Morgan fingerprint density at radius 3 is 2.33 bits per heavy atom. The molecule has 2 amide bonds. The Labute approximate surface area is 160 Å². The predicted octanol–water partition coefficient (Wildman–Crippen LogP) is 3.61. The lowest BCUT2D eigenvalue weighted by atomic mass is 9.86. The summed E-state index contributed by atoms with van der Waals surface area (Å²) in [6.45, 7) is 5.87. The van der Waals surface area contributed by atoms with Crippen molar-refractivity contribution in [3.05, 3.63) is 35.4 Å². The topological polar surface area (TPSA) is 72.5 Å². The third kappa shape index (κ3) is 4.96. The van der Waals surface area contributed by atoms with Gasteiger partial charge in [0.2, 0.25) is 0 Å². The third-order valence-corrected chi connectivity index (χ3v) is 5.94. The number of hydrogen-bond donors (Lipinski definition) is 1. The molecule has 2 bridgehead atoms. The molecule has 5 nitrogen and oxygen atoms in total. The number of hydrogen-bond acceptors (Lipinski definition) is 4. The van der Waals surface area contributed by atoms with Gasteiger partial charge >= 0.3 is 5.97 Å². The second-order valence-corrected chi connectivity index (χ2v) is 9.00. The molecule has 0 unspecified atom stereocenters. The van der Waals surface area contributed by atoms with Gasteiger partial charge in [0.15, 0.2) is 6.61 Å². The summed E-state index contributed by atoms with van der Waals surface area (Å²) >= 11 is 0. The van der Waals surface area contributed by atoms with Crippen molar-refractivity contribution in [2.24, 2.45) is 17.8 Å². The molecular formula is C22H29NO4. The van der Waals surface area contributed by atoms with Crippen LogP contribution < -0.4 is 5.32 Å². The molecule has 1 aromatic rings. The number of fused-ring (bicyclic) bond motifs is 2. The molecule has 3 rings (SSSR count). The monoisotopic (exact) mass is 371 g/mol. The van der Waals surface area contributed by atoms with Crippen LogP contribution in [0.15, 0.2) is 24.3 Å². The fourth-order valence-corrected chi connectivity index (χ4v) is 4.40. The van der Waals surface area contributed by atoms with Crippen molar-refractivity contribution in [1.82, 2.24) is 5.32 Å². The van der Waals surface area contributed by atoms with E-state index in [0.717, 1.165) is 17.9 Å². The maximum Gasteiger partial charge on any atom is 0.306 e. The number of carbonyl (C=O) groups is 3. The maximum atomic E-state index is 12.2. The molecule has 27 heavy (non-hydrogen) atoms. The summed E-state index contributed by atoms with van der Waals surface area (Å²) in [5.41, 5.74) is 1.52. The van der Waals surface area contributed by atoms with E-state index in [-0.39, 0.29) is 11.4 Å². The molecule has 5 heteroatoms. The van der Waals surface area contributed by atoms with Crippen molar-refractivity contribution in [3.8, 4) is 0 Å². The summed E-state index contributed by atoms with van der Waals surface area (Å²) in [6.07, 6.45) is 5.23. The average Bonchev–Trinajstić information content (AvgIpc) is 3.22. The highest BCUT2D eigenvalue weighted by Gasteiger charge is 2.40. The maximum absolute atomic E-state index is 12.2. The number of esters is 1. The van der Waals surface area contributed by atoms with Crippen molar-refractivity contribution in [3.63, 3.8) is 0 Å². The average molecular weight is 371 g/mol. The second-order valence-electron chi connectivity index (χ2n) is 9.00. The fraction of sp³-hybridized carbons (Fsp3) is 0.591. The Morgan fingerprint density at radius 2 is 1.78 bits per heavy atom. The molecule has 1 N–H and O–H groups in total. The van der Waals surface area contributed by atoms with Crippen LogP contribution in [0.1, 0.15) is 68.8 Å². The van der Waals surface area contributed by atoms with E-state index in [1.807, 2.05) is 12.1 Å². The van der Waals surface area contributed by atoms with E-state index in [4.69, 9.17) is 4.74 Å². The molecule has 146 valence electrons. The molecule has 0 saturated heterocycles. The first-order chi connectivity index (χ1) is 12.7. The highest BCUT2D eigenvalue weighted by Crippen LogP contribution is 2.49. The van der Waals surface area contributed by atoms with Crippen LogP contribution in [0.4, 0.5) is 0 Å². The molecule has 0 aliphatic heterocycles. The summed E-state index contributed by atoms with van der Waals surface area (Å²) in [4.78, 5) is 36.0. The van der Waals surface area contributed by atoms with Gasteiger partial charge in [-0.15, -0.1) is 0 Å². The van der Waals surface area contributed by atoms with Crippen molar-refractivity contribution >= 4 is 17.8 Å². The normalized spacial score (nSPS) is 23.9. The van der Waals surface area contributed by atoms with Gasteiger partial charge in [-0.25, -0.2) is 0 Å². The number of carbonyl (C=O) groups excluding carboxylic acids is 3. The fourth-order valence-electron chi connectivity index (χ4n) is 4.40. The largest absolute Gasteiger partial charge is 0.456 e.